The number of carbonyl (C=O) groups is 3. The summed E-state index contributed by atoms with van der Waals surface area (Å²) in [5, 5.41) is 5.33. The summed E-state index contributed by atoms with van der Waals surface area (Å²) in [6, 6.07) is 0. The number of carbonyl (C=O) groups excluding carboxylic acids is 3. The number of hydrogen-bond acceptors (Lipinski definition) is 6. The fourth-order valence-corrected chi connectivity index (χ4v) is 4.31. The maximum absolute atomic E-state index is 12.5. The molecule has 1 atom stereocenters. The molecule has 0 aromatic carbocycles. The van der Waals surface area contributed by atoms with E-state index in [9.17, 15) is 14.4 Å². The molecule has 28 heavy (non-hydrogen) atoms. The van der Waals surface area contributed by atoms with Crippen LogP contribution in [0.3, 0.4) is 0 Å². The van der Waals surface area contributed by atoms with E-state index in [-0.39, 0.29) is 30.9 Å². The molecule has 1 aliphatic carbocycles. The number of rotatable bonds is 8. The van der Waals surface area contributed by atoms with E-state index in [1.807, 2.05) is 12.4 Å². The number of likely N-dealkylation sites (N-methyl/N-ethyl adjacent to an activating group) is 1. The summed E-state index contributed by atoms with van der Waals surface area (Å²) in [4.78, 5) is 39.7. The molecule has 2 N–H and O–H groups in total. The molecular weight excluding hydrogens is 382 g/mol. The van der Waals surface area contributed by atoms with Crippen LogP contribution in [0.4, 0.5) is 5.00 Å². The summed E-state index contributed by atoms with van der Waals surface area (Å²) >= 11 is 1.36. The number of ether oxygens (including phenoxy) is 2. The Morgan fingerprint density at radius 1 is 1.29 bits per heavy atom. The average Bonchev–Trinajstić information content (AvgIpc) is 3.43. The molecule has 3 rings (SSSR count). The lowest BCUT2D eigenvalue weighted by Crippen LogP contribution is -3.11. The van der Waals surface area contributed by atoms with Crippen LogP contribution in [0.1, 0.15) is 41.6 Å². The van der Waals surface area contributed by atoms with Crippen molar-refractivity contribution >= 4 is 34.1 Å². The van der Waals surface area contributed by atoms with Crippen molar-refractivity contribution in [3.05, 3.63) is 16.5 Å². The van der Waals surface area contributed by atoms with E-state index in [2.05, 4.69) is 5.32 Å². The summed E-state index contributed by atoms with van der Waals surface area (Å²) < 4.78 is 10.4. The fourth-order valence-electron chi connectivity index (χ4n) is 3.26. The van der Waals surface area contributed by atoms with Gasteiger partial charge in [0.25, 0.3) is 11.8 Å². The highest BCUT2D eigenvalue weighted by molar-refractivity contribution is 7.15. The van der Waals surface area contributed by atoms with Gasteiger partial charge in [-0.1, -0.05) is 0 Å². The van der Waals surface area contributed by atoms with Crippen LogP contribution in [0.5, 0.6) is 0 Å². The molecule has 0 spiro atoms. The Kier molecular flexibility index (Phi) is 7.03. The number of nitrogens with zero attached hydrogens (tertiary/aromatic N) is 1. The number of amides is 2. The zero-order valence-electron chi connectivity index (χ0n) is 16.4. The largest absolute Gasteiger partial charge is 0.462 e. The first-order chi connectivity index (χ1) is 13.5. The number of quaternary nitrogens is 1. The minimum atomic E-state index is -0.385. The van der Waals surface area contributed by atoms with Crippen molar-refractivity contribution in [1.82, 2.24) is 4.90 Å². The van der Waals surface area contributed by atoms with Gasteiger partial charge in [-0.15, -0.1) is 11.3 Å². The molecule has 9 heteroatoms. The van der Waals surface area contributed by atoms with Crippen molar-refractivity contribution in [1.29, 1.82) is 0 Å². The average molecular weight is 411 g/mol. The van der Waals surface area contributed by atoms with E-state index in [0.717, 1.165) is 23.3 Å². The number of nitrogens with one attached hydrogen (secondary N) is 2. The smallest absolute Gasteiger partial charge is 0.341 e. The molecule has 0 radical (unpaired) electrons. The first kappa shape index (κ1) is 20.8. The molecule has 1 aromatic heterocycles. The predicted molar refractivity (Wildman–Crippen MR) is 105 cm³/mol. The molecule has 0 bridgehead atoms. The van der Waals surface area contributed by atoms with Crippen LogP contribution in [-0.4, -0.2) is 75.7 Å². The van der Waals surface area contributed by atoms with Crippen LogP contribution in [0, 0.1) is 0 Å². The van der Waals surface area contributed by atoms with Crippen LogP contribution >= 0.6 is 11.3 Å². The summed E-state index contributed by atoms with van der Waals surface area (Å²) in [5.74, 6) is -0.195. The Hall–Kier alpha value is -1.97. The van der Waals surface area contributed by atoms with Crippen molar-refractivity contribution in [2.24, 2.45) is 0 Å². The molecule has 2 heterocycles. The topological polar surface area (TPSA) is 89.4 Å². The molecule has 1 aromatic rings. The lowest BCUT2D eigenvalue weighted by molar-refractivity contribution is -0.862. The summed E-state index contributed by atoms with van der Waals surface area (Å²) in [7, 11) is 1.81. The highest BCUT2D eigenvalue weighted by Gasteiger charge is 2.32. The third-order valence-corrected chi connectivity index (χ3v) is 5.76. The Balaban J connectivity index is 1.56. The molecule has 154 valence electrons. The maximum atomic E-state index is 12.5. The van der Waals surface area contributed by atoms with Crippen LogP contribution in [0.25, 0.3) is 0 Å². The van der Waals surface area contributed by atoms with E-state index < -0.39 is 0 Å². The molecule has 1 aliphatic heterocycles. The second kappa shape index (κ2) is 9.49. The van der Waals surface area contributed by atoms with Gasteiger partial charge in [0.15, 0.2) is 13.1 Å². The molecule has 2 amide bonds. The normalized spacial score (nSPS) is 17.9. The first-order valence-corrected chi connectivity index (χ1v) is 10.6. The number of esters is 1. The Labute approximate surface area is 168 Å². The van der Waals surface area contributed by atoms with Crippen molar-refractivity contribution in [3.8, 4) is 0 Å². The van der Waals surface area contributed by atoms with Gasteiger partial charge in [0.2, 0.25) is 0 Å². The molecule has 8 nitrogen and oxygen atoms in total. The van der Waals surface area contributed by atoms with Gasteiger partial charge in [0.05, 0.1) is 32.4 Å². The van der Waals surface area contributed by atoms with Crippen molar-refractivity contribution < 1.29 is 28.8 Å². The molecule has 2 aliphatic rings. The van der Waals surface area contributed by atoms with Gasteiger partial charge in [-0.05, 0) is 36.6 Å². The van der Waals surface area contributed by atoms with E-state index in [4.69, 9.17) is 9.47 Å². The predicted octanol–water partition coefficient (Wildman–Crippen LogP) is 0.114. The monoisotopic (exact) mass is 410 g/mol. The van der Waals surface area contributed by atoms with Crippen molar-refractivity contribution in [2.45, 2.75) is 25.7 Å². The fraction of sp³-hybridized carbons (Fsp3) is 0.632. The van der Waals surface area contributed by atoms with Crippen LogP contribution < -0.4 is 10.2 Å². The van der Waals surface area contributed by atoms with E-state index in [0.29, 0.717) is 49.4 Å². The second-order valence-electron chi connectivity index (χ2n) is 7.24. The van der Waals surface area contributed by atoms with E-state index in [1.54, 1.807) is 11.8 Å². The minimum absolute atomic E-state index is 0.0213. The third kappa shape index (κ3) is 5.30. The zero-order chi connectivity index (χ0) is 20.1. The molecule has 1 unspecified atom stereocenters. The van der Waals surface area contributed by atoms with Gasteiger partial charge in [0, 0.05) is 13.1 Å². The molecule has 1 saturated carbocycles. The lowest BCUT2D eigenvalue weighted by Gasteiger charge is -2.27. The minimum Gasteiger partial charge on any atom is -0.462 e. The molecule has 2 fully saturated rings. The van der Waals surface area contributed by atoms with E-state index in [1.165, 1.54) is 11.3 Å². The number of morpholine rings is 1. The summed E-state index contributed by atoms with van der Waals surface area (Å²) in [6.07, 6.45) is 2.13. The van der Waals surface area contributed by atoms with Gasteiger partial charge in [0.1, 0.15) is 5.00 Å². The van der Waals surface area contributed by atoms with Gasteiger partial charge in [-0.2, -0.15) is 0 Å². The maximum Gasteiger partial charge on any atom is 0.341 e. The first-order valence-electron chi connectivity index (χ1n) is 9.74. The molecular formula is C19H28N3O5S+. The number of anilines is 1. The van der Waals surface area contributed by atoms with Gasteiger partial charge in [-0.25, -0.2) is 4.79 Å². The zero-order valence-corrected chi connectivity index (χ0v) is 17.2. The van der Waals surface area contributed by atoms with Crippen LogP contribution in [0.15, 0.2) is 5.38 Å². The van der Waals surface area contributed by atoms with Crippen LogP contribution in [0.2, 0.25) is 0 Å². The second-order valence-corrected chi connectivity index (χ2v) is 8.12. The molecule has 1 saturated heterocycles. The highest BCUT2D eigenvalue weighted by Crippen LogP contribution is 2.46. The van der Waals surface area contributed by atoms with E-state index >= 15 is 0 Å². The highest BCUT2D eigenvalue weighted by atomic mass is 32.1. The Morgan fingerprint density at radius 2 is 2.00 bits per heavy atom. The van der Waals surface area contributed by atoms with Gasteiger partial charge in [-0.3, -0.25) is 9.59 Å². The third-order valence-electron chi connectivity index (χ3n) is 4.85. The number of hydrogen-bond donors (Lipinski definition) is 2. The van der Waals surface area contributed by atoms with Gasteiger partial charge < -0.3 is 24.6 Å². The van der Waals surface area contributed by atoms with Crippen molar-refractivity contribution in [3.63, 3.8) is 0 Å². The summed E-state index contributed by atoms with van der Waals surface area (Å²) in [5.41, 5.74) is 1.46. The number of thiophene rings is 1. The Morgan fingerprint density at radius 3 is 2.64 bits per heavy atom. The SMILES string of the molecule is CCOC(=O)c1c(C2CC2)csc1NC(=O)C[NH+](C)CC(=O)N1CCOCC1. The van der Waals surface area contributed by atoms with Crippen LogP contribution in [-0.2, 0) is 19.1 Å². The standard InChI is InChI=1S/C19H27N3O5S/c1-3-27-19(25)17-14(13-4-5-13)12-28-18(17)20-15(23)10-21(2)11-16(24)22-6-8-26-9-7-22/h12-13H,3-11H2,1-2H3,(H,20,23)/p+1. The Bertz CT molecular complexity index is 725. The van der Waals surface area contributed by atoms with Crippen molar-refractivity contribution in [2.75, 3.05) is 58.4 Å². The quantitative estimate of drug-likeness (QED) is 0.594. The summed E-state index contributed by atoms with van der Waals surface area (Å²) in [6.45, 7) is 4.77. The van der Waals surface area contributed by atoms with Gasteiger partial charge >= 0.3 is 5.97 Å². The lowest BCUT2D eigenvalue weighted by atomic mass is 10.1.